The SMILES string of the molecule is CCCCO[C@H](C)[C@H](C)Oc1ccc(-c2ccc(C(=O)O)cc2)cc1. The van der Waals surface area contributed by atoms with Crippen molar-refractivity contribution in [3.8, 4) is 16.9 Å². The van der Waals surface area contributed by atoms with E-state index in [0.29, 0.717) is 0 Å². The van der Waals surface area contributed by atoms with Crippen LogP contribution in [-0.4, -0.2) is 29.9 Å². The fourth-order valence-corrected chi connectivity index (χ4v) is 2.39. The Morgan fingerprint density at radius 1 is 0.960 bits per heavy atom. The molecule has 25 heavy (non-hydrogen) atoms. The Morgan fingerprint density at radius 3 is 2.04 bits per heavy atom. The lowest BCUT2D eigenvalue weighted by Crippen LogP contribution is -2.29. The second-order valence-corrected chi connectivity index (χ2v) is 6.16. The van der Waals surface area contributed by atoms with Gasteiger partial charge in [0.1, 0.15) is 11.9 Å². The first-order valence-electron chi connectivity index (χ1n) is 8.73. The molecule has 0 bridgehead atoms. The minimum Gasteiger partial charge on any atom is -0.488 e. The van der Waals surface area contributed by atoms with Crippen molar-refractivity contribution < 1.29 is 19.4 Å². The molecule has 4 nitrogen and oxygen atoms in total. The number of carboxylic acids is 1. The second-order valence-electron chi connectivity index (χ2n) is 6.16. The fraction of sp³-hybridized carbons (Fsp3) is 0.381. The molecule has 0 aliphatic carbocycles. The Morgan fingerprint density at radius 2 is 1.52 bits per heavy atom. The van der Waals surface area contributed by atoms with Crippen LogP contribution in [0.25, 0.3) is 11.1 Å². The van der Waals surface area contributed by atoms with E-state index in [4.69, 9.17) is 14.6 Å². The second kappa shape index (κ2) is 9.23. The van der Waals surface area contributed by atoms with Crippen molar-refractivity contribution in [1.29, 1.82) is 0 Å². The van der Waals surface area contributed by atoms with Gasteiger partial charge in [-0.3, -0.25) is 0 Å². The van der Waals surface area contributed by atoms with E-state index in [-0.39, 0.29) is 17.8 Å². The average Bonchev–Trinajstić information content (AvgIpc) is 2.62. The predicted molar refractivity (Wildman–Crippen MR) is 99.2 cm³/mol. The minimum atomic E-state index is -0.917. The molecule has 0 unspecified atom stereocenters. The molecule has 0 amide bonds. The van der Waals surface area contributed by atoms with Crippen molar-refractivity contribution in [2.24, 2.45) is 0 Å². The molecule has 2 atom stereocenters. The highest BCUT2D eigenvalue weighted by atomic mass is 16.5. The van der Waals surface area contributed by atoms with Crippen molar-refractivity contribution in [2.75, 3.05) is 6.61 Å². The van der Waals surface area contributed by atoms with Crippen molar-refractivity contribution in [3.63, 3.8) is 0 Å². The Hall–Kier alpha value is -2.33. The molecule has 134 valence electrons. The number of rotatable bonds is 9. The van der Waals surface area contributed by atoms with E-state index in [2.05, 4.69) is 6.92 Å². The van der Waals surface area contributed by atoms with E-state index in [0.717, 1.165) is 36.3 Å². The van der Waals surface area contributed by atoms with Crippen LogP contribution in [0.4, 0.5) is 0 Å². The van der Waals surface area contributed by atoms with Gasteiger partial charge in [-0.25, -0.2) is 4.79 Å². The van der Waals surface area contributed by atoms with Crippen LogP contribution in [0.15, 0.2) is 48.5 Å². The standard InChI is InChI=1S/C21H26O4/c1-4-5-14-24-15(2)16(3)25-20-12-10-18(11-13-20)17-6-8-19(9-7-17)21(22)23/h6-13,15-16H,4-5,14H2,1-3H3,(H,22,23)/t15-,16+/m1/s1. The molecule has 2 rings (SSSR count). The van der Waals surface area contributed by atoms with Gasteiger partial charge in [0, 0.05) is 6.61 Å². The summed E-state index contributed by atoms with van der Waals surface area (Å²) in [4.78, 5) is 10.9. The summed E-state index contributed by atoms with van der Waals surface area (Å²) in [5.74, 6) is -0.121. The number of unbranched alkanes of at least 4 members (excludes halogenated alkanes) is 1. The molecule has 0 spiro atoms. The normalized spacial score (nSPS) is 13.2. The number of aromatic carboxylic acids is 1. The van der Waals surface area contributed by atoms with Crippen LogP contribution in [0.5, 0.6) is 5.75 Å². The first kappa shape index (κ1) is 19.0. The van der Waals surface area contributed by atoms with E-state index in [1.54, 1.807) is 12.1 Å². The van der Waals surface area contributed by atoms with Crippen molar-refractivity contribution >= 4 is 5.97 Å². The van der Waals surface area contributed by atoms with Crippen molar-refractivity contribution in [2.45, 2.75) is 45.8 Å². The number of carboxylic acid groups (broad SMARTS) is 1. The minimum absolute atomic E-state index is 0.0300. The molecule has 0 radical (unpaired) electrons. The third kappa shape index (κ3) is 5.61. The fourth-order valence-electron chi connectivity index (χ4n) is 2.39. The van der Waals surface area contributed by atoms with E-state index < -0.39 is 5.97 Å². The first-order valence-corrected chi connectivity index (χ1v) is 8.73. The smallest absolute Gasteiger partial charge is 0.335 e. The van der Waals surface area contributed by atoms with Crippen molar-refractivity contribution in [1.82, 2.24) is 0 Å². The molecule has 0 saturated heterocycles. The monoisotopic (exact) mass is 342 g/mol. The molecule has 1 N–H and O–H groups in total. The van der Waals surface area contributed by atoms with Gasteiger partial charge in [0.2, 0.25) is 0 Å². The molecular formula is C21H26O4. The molecule has 2 aromatic carbocycles. The van der Waals surface area contributed by atoms with Crippen molar-refractivity contribution in [3.05, 3.63) is 54.1 Å². The Labute approximate surface area is 149 Å². The summed E-state index contributed by atoms with van der Waals surface area (Å²) in [6.07, 6.45) is 2.19. The van der Waals surface area contributed by atoms with Crippen LogP contribution in [0.1, 0.15) is 44.0 Å². The summed E-state index contributed by atoms with van der Waals surface area (Å²) in [6, 6.07) is 14.6. The number of hydrogen-bond acceptors (Lipinski definition) is 3. The molecule has 4 heteroatoms. The maximum absolute atomic E-state index is 10.9. The van der Waals surface area contributed by atoms with Gasteiger partial charge >= 0.3 is 5.97 Å². The van der Waals surface area contributed by atoms with E-state index in [1.807, 2.05) is 50.2 Å². The Balaban J connectivity index is 1.96. The molecule has 0 aliphatic heterocycles. The van der Waals surface area contributed by atoms with Crippen LogP contribution < -0.4 is 4.74 Å². The number of hydrogen-bond donors (Lipinski definition) is 1. The zero-order valence-corrected chi connectivity index (χ0v) is 15.1. The third-order valence-electron chi connectivity index (χ3n) is 4.18. The zero-order chi connectivity index (χ0) is 18.2. The first-order chi connectivity index (χ1) is 12.0. The van der Waals surface area contributed by atoms with Gasteiger partial charge in [-0.2, -0.15) is 0 Å². The molecule has 0 aliphatic rings. The molecule has 0 fully saturated rings. The maximum atomic E-state index is 10.9. The van der Waals surface area contributed by atoms with Crippen LogP contribution in [0.2, 0.25) is 0 Å². The number of carbonyl (C=O) groups is 1. The van der Waals surface area contributed by atoms with Gasteiger partial charge in [-0.15, -0.1) is 0 Å². The summed E-state index contributed by atoms with van der Waals surface area (Å²) in [6.45, 7) is 6.94. The maximum Gasteiger partial charge on any atom is 0.335 e. The highest BCUT2D eigenvalue weighted by Crippen LogP contribution is 2.24. The van der Waals surface area contributed by atoms with E-state index >= 15 is 0 Å². The van der Waals surface area contributed by atoms with Gasteiger partial charge in [-0.05, 0) is 55.7 Å². The zero-order valence-electron chi connectivity index (χ0n) is 15.1. The van der Waals surface area contributed by atoms with Gasteiger partial charge in [0.05, 0.1) is 11.7 Å². The van der Waals surface area contributed by atoms with E-state index in [9.17, 15) is 4.79 Å². The predicted octanol–water partition coefficient (Wildman–Crippen LogP) is 5.02. The average molecular weight is 342 g/mol. The molecule has 0 aromatic heterocycles. The van der Waals surface area contributed by atoms with Gasteiger partial charge < -0.3 is 14.6 Å². The van der Waals surface area contributed by atoms with Gasteiger partial charge in [-0.1, -0.05) is 37.6 Å². The molecule has 2 aromatic rings. The van der Waals surface area contributed by atoms with Crippen LogP contribution in [0, 0.1) is 0 Å². The lowest BCUT2D eigenvalue weighted by atomic mass is 10.0. The number of ether oxygens (including phenoxy) is 2. The quantitative estimate of drug-likeness (QED) is 0.650. The highest BCUT2D eigenvalue weighted by Gasteiger charge is 2.14. The Kier molecular flexibility index (Phi) is 7.02. The third-order valence-corrected chi connectivity index (χ3v) is 4.18. The van der Waals surface area contributed by atoms with Gasteiger partial charge in [0.25, 0.3) is 0 Å². The van der Waals surface area contributed by atoms with E-state index in [1.165, 1.54) is 0 Å². The molecule has 0 saturated carbocycles. The summed E-state index contributed by atoms with van der Waals surface area (Å²) in [5.41, 5.74) is 2.28. The summed E-state index contributed by atoms with van der Waals surface area (Å²) in [5, 5.41) is 8.95. The van der Waals surface area contributed by atoms with Gasteiger partial charge in [0.15, 0.2) is 0 Å². The summed E-state index contributed by atoms with van der Waals surface area (Å²) in [7, 11) is 0. The van der Waals surface area contributed by atoms with Crippen LogP contribution in [0.3, 0.4) is 0 Å². The largest absolute Gasteiger partial charge is 0.488 e. The molecular weight excluding hydrogens is 316 g/mol. The highest BCUT2D eigenvalue weighted by molar-refractivity contribution is 5.88. The summed E-state index contributed by atoms with van der Waals surface area (Å²) < 4.78 is 11.7. The van der Waals surface area contributed by atoms with Crippen LogP contribution >= 0.6 is 0 Å². The van der Waals surface area contributed by atoms with Crippen LogP contribution in [-0.2, 0) is 4.74 Å². The summed E-state index contributed by atoms with van der Waals surface area (Å²) >= 11 is 0. The Bertz CT molecular complexity index is 661. The topological polar surface area (TPSA) is 55.8 Å². The lowest BCUT2D eigenvalue weighted by molar-refractivity contribution is -0.00816. The lowest BCUT2D eigenvalue weighted by Gasteiger charge is -2.22. The molecule has 0 heterocycles. The number of benzene rings is 2.